The van der Waals surface area contributed by atoms with E-state index >= 15 is 0 Å². The predicted octanol–water partition coefficient (Wildman–Crippen LogP) is 5.95. The standard InChI is InChI=1S/C34H36N4O5.Fe/c1-7-21-16(2)26-14-31-34(20(6)39)19(5)27(38-31)12-24-17(3)22(8-10-32(40)41)29(36-24)15-30-23(9-11-33(42)43)18(4)25(37-30)13-28(21)35-26;/h7,12-15,20,39H,1,8-11H2,2-6H3,(H4,35,36,37,38,40,41,42,43);/q;+2/p-2/t20-;/m1./s1. The molecule has 0 fully saturated rings. The van der Waals surface area contributed by atoms with Crippen LogP contribution in [0.3, 0.4) is 0 Å². The number of fused-ring (bicyclic) bond motifs is 8. The number of aliphatic hydroxyl groups excluding tert-OH is 1. The van der Waals surface area contributed by atoms with E-state index in [4.69, 9.17) is 19.9 Å². The number of nitrogens with zero attached hydrogens (tertiary/aromatic N) is 4. The first kappa shape index (κ1) is 32.7. The molecule has 3 N–H and O–H groups in total. The Bertz CT molecular complexity index is 1930. The van der Waals surface area contributed by atoms with Crippen LogP contribution in [0.1, 0.15) is 85.1 Å². The van der Waals surface area contributed by atoms with Crippen LogP contribution in [0.15, 0.2) is 30.8 Å². The zero-order valence-corrected chi connectivity index (χ0v) is 26.4. The smallest absolute Gasteiger partial charge is 0.657 e. The molecule has 8 bridgehead atoms. The number of aromatic nitrogens is 4. The molecule has 0 radical (unpaired) electrons. The first-order valence-electron chi connectivity index (χ1n) is 14.2. The Morgan fingerprint density at radius 1 is 0.795 bits per heavy atom. The SMILES string of the molecule is C=Cc1c(C)c2cc3nc(cc4[n-]c(cc5nc(cc1[n-]2)C(C)=C5CCC(=O)O)c(CCC(=O)O)c4C)C(C)=C3[C@@H](C)O.[Fe+2]. The molecule has 44 heavy (non-hydrogen) atoms. The van der Waals surface area contributed by atoms with Gasteiger partial charge in [0.25, 0.3) is 0 Å². The molecule has 3 aromatic heterocycles. The average molecular weight is 635 g/mol. The normalized spacial score (nSPS) is 13.6. The third-order valence-corrected chi connectivity index (χ3v) is 8.28. The Kier molecular flexibility index (Phi) is 9.49. The van der Waals surface area contributed by atoms with Crippen LogP contribution >= 0.6 is 0 Å². The summed E-state index contributed by atoms with van der Waals surface area (Å²) in [5, 5.41) is 29.6. The third-order valence-electron chi connectivity index (χ3n) is 8.28. The van der Waals surface area contributed by atoms with Gasteiger partial charge in [0.1, 0.15) is 0 Å². The molecule has 0 amide bonds. The number of aliphatic carboxylic acids is 2. The molecule has 0 aliphatic carbocycles. The molecule has 0 saturated heterocycles. The molecule has 5 rings (SSSR count). The van der Waals surface area contributed by atoms with Gasteiger partial charge in [0, 0.05) is 18.4 Å². The van der Waals surface area contributed by atoms with Gasteiger partial charge in [0.2, 0.25) is 0 Å². The van der Waals surface area contributed by atoms with Crippen molar-refractivity contribution in [3.05, 3.63) is 75.9 Å². The van der Waals surface area contributed by atoms with Crippen LogP contribution in [-0.4, -0.2) is 43.3 Å². The number of aliphatic hydroxyl groups is 1. The van der Waals surface area contributed by atoms with Crippen molar-refractivity contribution in [3.63, 3.8) is 0 Å². The summed E-state index contributed by atoms with van der Waals surface area (Å²) in [4.78, 5) is 42.7. The molecule has 1 atom stereocenters. The van der Waals surface area contributed by atoms with Crippen molar-refractivity contribution in [1.82, 2.24) is 19.9 Å². The largest absolute Gasteiger partial charge is 2.00 e. The van der Waals surface area contributed by atoms with Gasteiger partial charge in [-0.3, -0.25) is 9.59 Å². The zero-order valence-electron chi connectivity index (χ0n) is 25.3. The van der Waals surface area contributed by atoms with Gasteiger partial charge in [-0.15, -0.1) is 22.1 Å². The molecule has 228 valence electrons. The van der Waals surface area contributed by atoms with Crippen molar-refractivity contribution >= 4 is 62.4 Å². The number of carboxylic acid groups (broad SMARTS) is 2. The Morgan fingerprint density at radius 2 is 1.32 bits per heavy atom. The maximum atomic E-state index is 11.5. The number of allylic oxidation sites excluding steroid dienone is 3. The van der Waals surface area contributed by atoms with Crippen molar-refractivity contribution < 1.29 is 42.0 Å². The minimum Gasteiger partial charge on any atom is -0.657 e. The fraction of sp³-hybridized carbons (Fsp3) is 0.294. The summed E-state index contributed by atoms with van der Waals surface area (Å²) < 4.78 is 0. The van der Waals surface area contributed by atoms with Crippen LogP contribution < -0.4 is 9.97 Å². The van der Waals surface area contributed by atoms with Gasteiger partial charge in [0.05, 0.1) is 28.9 Å². The van der Waals surface area contributed by atoms with Gasteiger partial charge in [-0.1, -0.05) is 53.6 Å². The second-order valence-corrected chi connectivity index (χ2v) is 11.1. The van der Waals surface area contributed by atoms with Gasteiger partial charge in [0.15, 0.2) is 0 Å². The minimum absolute atomic E-state index is 0. The van der Waals surface area contributed by atoms with Crippen molar-refractivity contribution in [3.8, 4) is 0 Å². The third kappa shape index (κ3) is 6.06. The molecule has 3 aromatic rings. The summed E-state index contributed by atoms with van der Waals surface area (Å²) in [5.41, 5.74) is 11.6. The van der Waals surface area contributed by atoms with Crippen molar-refractivity contribution in [2.75, 3.05) is 0 Å². The van der Waals surface area contributed by atoms with Crippen LogP contribution in [0.2, 0.25) is 0 Å². The number of carboxylic acids is 2. The van der Waals surface area contributed by atoms with E-state index in [0.717, 1.165) is 39.0 Å². The van der Waals surface area contributed by atoms with Crippen LogP contribution in [0, 0.1) is 13.8 Å². The Labute approximate surface area is 266 Å². The van der Waals surface area contributed by atoms with Crippen LogP contribution in [-0.2, 0) is 33.1 Å². The molecule has 5 heterocycles. The Balaban J connectivity index is 0.00000442. The molecule has 2 aliphatic rings. The summed E-state index contributed by atoms with van der Waals surface area (Å²) in [6, 6.07) is 7.43. The van der Waals surface area contributed by atoms with Crippen molar-refractivity contribution in [2.45, 2.75) is 66.4 Å². The van der Waals surface area contributed by atoms with Gasteiger partial charge in [-0.25, -0.2) is 9.97 Å². The van der Waals surface area contributed by atoms with E-state index < -0.39 is 18.0 Å². The fourth-order valence-electron chi connectivity index (χ4n) is 5.88. The Hall–Kier alpha value is -4.24. The van der Waals surface area contributed by atoms with E-state index in [-0.39, 0.29) is 42.8 Å². The summed E-state index contributed by atoms with van der Waals surface area (Å²) in [7, 11) is 0. The average Bonchev–Trinajstić information content (AvgIpc) is 3.59. The second-order valence-electron chi connectivity index (χ2n) is 11.1. The predicted molar refractivity (Wildman–Crippen MR) is 168 cm³/mol. The molecule has 10 heteroatoms. The minimum atomic E-state index is -0.915. The van der Waals surface area contributed by atoms with E-state index in [0.29, 0.717) is 50.4 Å². The van der Waals surface area contributed by atoms with Crippen LogP contribution in [0.5, 0.6) is 0 Å². The van der Waals surface area contributed by atoms with Crippen LogP contribution in [0.4, 0.5) is 0 Å². The second kappa shape index (κ2) is 12.8. The topological polar surface area (TPSA) is 149 Å². The zero-order chi connectivity index (χ0) is 31.2. The fourth-order valence-corrected chi connectivity index (χ4v) is 5.88. The molecule has 0 aromatic carbocycles. The van der Waals surface area contributed by atoms with Crippen molar-refractivity contribution in [1.29, 1.82) is 0 Å². The number of carbonyl (C=O) groups is 2. The quantitative estimate of drug-likeness (QED) is 0.256. The Morgan fingerprint density at radius 3 is 1.95 bits per heavy atom. The van der Waals surface area contributed by atoms with Crippen LogP contribution in [0.25, 0.3) is 50.4 Å². The number of hydrogen-bond donors (Lipinski definition) is 3. The number of hydrogen-bond acceptors (Lipinski definition) is 5. The summed E-state index contributed by atoms with van der Waals surface area (Å²) in [5.74, 6) is -1.82. The molecule has 0 spiro atoms. The molecule has 0 saturated carbocycles. The van der Waals surface area contributed by atoms with Gasteiger partial charge in [-0.2, -0.15) is 0 Å². The van der Waals surface area contributed by atoms with E-state index in [9.17, 15) is 24.9 Å². The van der Waals surface area contributed by atoms with E-state index in [2.05, 4.69) is 6.58 Å². The molecule has 0 unspecified atom stereocenters. The van der Waals surface area contributed by atoms with Gasteiger partial charge >= 0.3 is 29.0 Å². The van der Waals surface area contributed by atoms with E-state index in [1.807, 2.05) is 52.0 Å². The van der Waals surface area contributed by atoms with E-state index in [1.54, 1.807) is 13.0 Å². The molecular formula is C34H34FeN4O5. The summed E-state index contributed by atoms with van der Waals surface area (Å²) in [6.07, 6.45) is 1.39. The number of rotatable bonds is 8. The molecular weight excluding hydrogens is 600 g/mol. The molecule has 9 nitrogen and oxygen atoms in total. The maximum Gasteiger partial charge on any atom is 2.00 e. The van der Waals surface area contributed by atoms with Gasteiger partial charge in [-0.05, 0) is 69.7 Å². The monoisotopic (exact) mass is 634 g/mol. The van der Waals surface area contributed by atoms with Crippen molar-refractivity contribution in [2.24, 2.45) is 0 Å². The summed E-state index contributed by atoms with van der Waals surface area (Å²) in [6.45, 7) is 13.4. The number of aryl methyl sites for hydroxylation is 3. The first-order chi connectivity index (χ1) is 20.4. The maximum absolute atomic E-state index is 11.5. The first-order valence-corrected chi connectivity index (χ1v) is 14.2. The molecule has 2 aliphatic heterocycles. The van der Waals surface area contributed by atoms with Gasteiger partial charge < -0.3 is 25.3 Å². The summed E-state index contributed by atoms with van der Waals surface area (Å²) >= 11 is 0. The van der Waals surface area contributed by atoms with E-state index in [1.165, 1.54) is 0 Å².